The third kappa shape index (κ3) is 6.88. The van der Waals surface area contributed by atoms with Gasteiger partial charge in [-0.3, -0.25) is 4.79 Å². The zero-order valence-electron chi connectivity index (χ0n) is 23.9. The number of aryl methyl sites for hydroxylation is 1. The van der Waals surface area contributed by atoms with Crippen LogP contribution in [-0.4, -0.2) is 23.5 Å². The average Bonchev–Trinajstić information content (AvgIpc) is 3.40. The van der Waals surface area contributed by atoms with Gasteiger partial charge in [-0.25, -0.2) is 4.79 Å². The van der Waals surface area contributed by atoms with E-state index in [0.29, 0.717) is 30.9 Å². The number of ether oxygens (including phenoxy) is 1. The van der Waals surface area contributed by atoms with Gasteiger partial charge in [0.25, 0.3) is 0 Å². The molecule has 4 aromatic rings. The van der Waals surface area contributed by atoms with Gasteiger partial charge in [0.15, 0.2) is 6.04 Å². The summed E-state index contributed by atoms with van der Waals surface area (Å²) in [7, 11) is 0. The van der Waals surface area contributed by atoms with Gasteiger partial charge in [-0.2, -0.15) is 0 Å². The third-order valence-electron chi connectivity index (χ3n) is 8.28. The van der Waals surface area contributed by atoms with E-state index >= 15 is 0 Å². The molecule has 1 aromatic heterocycles. The summed E-state index contributed by atoms with van der Waals surface area (Å²) >= 11 is 0. The molecule has 5 rings (SSSR count). The van der Waals surface area contributed by atoms with Gasteiger partial charge in [0.1, 0.15) is 0 Å². The minimum absolute atomic E-state index is 0.0827. The number of para-hydroxylation sites is 1. The maximum atomic E-state index is 13.3. The second kappa shape index (κ2) is 13.6. The Morgan fingerprint density at radius 2 is 1.61 bits per heavy atom. The van der Waals surface area contributed by atoms with Crippen LogP contribution in [0.1, 0.15) is 80.8 Å². The van der Waals surface area contributed by atoms with Crippen LogP contribution in [-0.2, 0) is 20.7 Å². The van der Waals surface area contributed by atoms with Crippen LogP contribution >= 0.6 is 0 Å². The molecule has 0 spiro atoms. The Bertz CT molecular complexity index is 1440. The molecule has 0 aliphatic heterocycles. The van der Waals surface area contributed by atoms with Gasteiger partial charge in [-0.05, 0) is 59.9 Å². The Morgan fingerprint density at radius 3 is 2.34 bits per heavy atom. The SMILES string of the molecule is CCCOC(=O)C(NC(=O)CCc1c(C(N)C2CCCCC2)[nH]c2ccccc12)c1ccc(-c2ccccc2)cc1. The number of carbonyl (C=O) groups is 2. The lowest BCUT2D eigenvalue weighted by Crippen LogP contribution is -2.35. The van der Waals surface area contributed by atoms with Crippen LogP contribution in [0.2, 0.25) is 0 Å². The number of hydrogen-bond donors (Lipinski definition) is 3. The molecule has 3 aromatic carbocycles. The Morgan fingerprint density at radius 1 is 0.927 bits per heavy atom. The van der Waals surface area contributed by atoms with Gasteiger partial charge in [-0.1, -0.05) is 99.0 Å². The highest BCUT2D eigenvalue weighted by Gasteiger charge is 2.28. The molecule has 2 atom stereocenters. The Labute approximate surface area is 242 Å². The molecular weight excluding hydrogens is 510 g/mol. The second-order valence-corrected chi connectivity index (χ2v) is 11.1. The highest BCUT2D eigenvalue weighted by molar-refractivity contribution is 5.88. The molecule has 6 heteroatoms. The highest BCUT2D eigenvalue weighted by atomic mass is 16.5. The van der Waals surface area contributed by atoms with Crippen molar-refractivity contribution in [1.82, 2.24) is 10.3 Å². The Kier molecular flexibility index (Phi) is 9.52. The molecule has 1 saturated carbocycles. The number of aromatic nitrogens is 1. The molecule has 0 radical (unpaired) electrons. The predicted molar refractivity (Wildman–Crippen MR) is 164 cm³/mol. The quantitative estimate of drug-likeness (QED) is 0.172. The molecular formula is C35H41N3O3. The first-order valence-corrected chi connectivity index (χ1v) is 15.0. The van der Waals surface area contributed by atoms with Crippen LogP contribution in [0.4, 0.5) is 0 Å². The molecule has 4 N–H and O–H groups in total. The normalized spacial score (nSPS) is 15.4. The Balaban J connectivity index is 1.33. The van der Waals surface area contributed by atoms with E-state index in [1.165, 1.54) is 19.3 Å². The molecule has 2 unspecified atom stereocenters. The van der Waals surface area contributed by atoms with E-state index in [1.54, 1.807) is 0 Å². The monoisotopic (exact) mass is 551 g/mol. The zero-order chi connectivity index (χ0) is 28.6. The van der Waals surface area contributed by atoms with E-state index < -0.39 is 12.0 Å². The standard InChI is InChI=1S/C35H41N3O3/c1-2-23-41-35(40)33(27-19-17-25(18-20-27)24-11-5-3-6-12-24)38-31(39)22-21-29-28-15-9-10-16-30(28)37-34(29)32(36)26-13-7-4-8-14-26/h3,5-6,9-12,15-20,26,32-33,37H,2,4,7-8,13-14,21-23,36H2,1H3,(H,38,39). The van der Waals surface area contributed by atoms with Gasteiger partial charge in [0.2, 0.25) is 5.91 Å². The maximum Gasteiger partial charge on any atom is 0.333 e. The average molecular weight is 552 g/mol. The summed E-state index contributed by atoms with van der Waals surface area (Å²) in [6.45, 7) is 2.26. The number of nitrogens with one attached hydrogen (secondary N) is 2. The van der Waals surface area contributed by atoms with Gasteiger partial charge >= 0.3 is 5.97 Å². The van der Waals surface area contributed by atoms with E-state index in [0.717, 1.165) is 46.1 Å². The van der Waals surface area contributed by atoms with Crippen molar-refractivity contribution in [3.63, 3.8) is 0 Å². The topological polar surface area (TPSA) is 97.2 Å². The van der Waals surface area contributed by atoms with Crippen molar-refractivity contribution >= 4 is 22.8 Å². The fraction of sp³-hybridized carbons (Fsp3) is 0.371. The molecule has 0 bridgehead atoms. The van der Waals surface area contributed by atoms with Crippen LogP contribution in [0.15, 0.2) is 78.9 Å². The molecule has 1 aliphatic rings. The summed E-state index contributed by atoms with van der Waals surface area (Å²) in [4.78, 5) is 30.0. The van der Waals surface area contributed by atoms with E-state index in [-0.39, 0.29) is 18.4 Å². The minimum atomic E-state index is -0.870. The van der Waals surface area contributed by atoms with Crippen LogP contribution in [0, 0.1) is 5.92 Å². The van der Waals surface area contributed by atoms with Crippen molar-refractivity contribution in [2.24, 2.45) is 11.7 Å². The van der Waals surface area contributed by atoms with E-state index in [2.05, 4.69) is 22.4 Å². The van der Waals surface area contributed by atoms with Crippen molar-refractivity contribution in [2.75, 3.05) is 6.61 Å². The number of hydrogen-bond acceptors (Lipinski definition) is 4. The Hall–Kier alpha value is -3.90. The summed E-state index contributed by atoms with van der Waals surface area (Å²) in [5.41, 5.74) is 12.9. The number of aromatic amines is 1. The number of amides is 1. The fourth-order valence-electron chi connectivity index (χ4n) is 6.04. The van der Waals surface area contributed by atoms with Crippen molar-refractivity contribution in [3.05, 3.63) is 95.7 Å². The lowest BCUT2D eigenvalue weighted by Gasteiger charge is -2.27. The summed E-state index contributed by atoms with van der Waals surface area (Å²) in [5, 5.41) is 4.08. The first-order valence-electron chi connectivity index (χ1n) is 15.0. The molecule has 1 amide bonds. The number of carbonyl (C=O) groups excluding carboxylic acids is 2. The summed E-state index contributed by atoms with van der Waals surface area (Å²) < 4.78 is 5.47. The van der Waals surface area contributed by atoms with Crippen molar-refractivity contribution in [3.8, 4) is 11.1 Å². The lowest BCUT2D eigenvalue weighted by molar-refractivity contribution is -0.148. The molecule has 1 heterocycles. The van der Waals surface area contributed by atoms with Crippen LogP contribution < -0.4 is 11.1 Å². The fourth-order valence-corrected chi connectivity index (χ4v) is 6.04. The summed E-state index contributed by atoms with van der Waals surface area (Å²) in [5.74, 6) is -0.196. The smallest absolute Gasteiger partial charge is 0.333 e. The number of nitrogens with two attached hydrogens (primary N) is 1. The summed E-state index contributed by atoms with van der Waals surface area (Å²) in [6, 6.07) is 25.0. The molecule has 214 valence electrons. The third-order valence-corrected chi connectivity index (χ3v) is 8.28. The largest absolute Gasteiger partial charge is 0.464 e. The van der Waals surface area contributed by atoms with Crippen molar-refractivity contribution in [2.45, 2.75) is 70.4 Å². The van der Waals surface area contributed by atoms with Gasteiger partial charge in [0, 0.05) is 29.1 Å². The zero-order valence-corrected chi connectivity index (χ0v) is 23.9. The van der Waals surface area contributed by atoms with E-state index in [1.807, 2.05) is 73.7 Å². The minimum Gasteiger partial charge on any atom is -0.464 e. The van der Waals surface area contributed by atoms with Crippen LogP contribution in [0.5, 0.6) is 0 Å². The first-order chi connectivity index (χ1) is 20.0. The van der Waals surface area contributed by atoms with Gasteiger partial charge < -0.3 is 20.8 Å². The molecule has 6 nitrogen and oxygen atoms in total. The number of fused-ring (bicyclic) bond motifs is 1. The number of H-pyrrole nitrogens is 1. The number of rotatable bonds is 11. The van der Waals surface area contributed by atoms with E-state index in [9.17, 15) is 9.59 Å². The second-order valence-electron chi connectivity index (χ2n) is 11.1. The first kappa shape index (κ1) is 28.6. The highest BCUT2D eigenvalue weighted by Crippen LogP contribution is 2.36. The predicted octanol–water partition coefficient (Wildman–Crippen LogP) is 7.16. The molecule has 41 heavy (non-hydrogen) atoms. The van der Waals surface area contributed by atoms with Crippen LogP contribution in [0.25, 0.3) is 22.0 Å². The number of benzene rings is 3. The van der Waals surface area contributed by atoms with Crippen molar-refractivity contribution in [1.29, 1.82) is 0 Å². The molecule has 0 saturated heterocycles. The van der Waals surface area contributed by atoms with E-state index in [4.69, 9.17) is 10.5 Å². The molecule has 1 aliphatic carbocycles. The summed E-state index contributed by atoms with van der Waals surface area (Å²) in [6.07, 6.45) is 7.49. The van der Waals surface area contributed by atoms with Gasteiger partial charge in [0.05, 0.1) is 6.61 Å². The maximum absolute atomic E-state index is 13.3. The molecule has 1 fully saturated rings. The number of esters is 1. The van der Waals surface area contributed by atoms with Crippen LogP contribution in [0.3, 0.4) is 0 Å². The van der Waals surface area contributed by atoms with Crippen molar-refractivity contribution < 1.29 is 14.3 Å². The lowest BCUT2D eigenvalue weighted by atomic mass is 9.82. The van der Waals surface area contributed by atoms with Gasteiger partial charge in [-0.15, -0.1) is 0 Å².